The van der Waals surface area contributed by atoms with Crippen molar-refractivity contribution in [1.82, 2.24) is 4.90 Å². The predicted octanol–water partition coefficient (Wildman–Crippen LogP) is 3.01. The molecule has 1 saturated heterocycles. The van der Waals surface area contributed by atoms with Gasteiger partial charge in [-0.15, -0.1) is 0 Å². The first-order chi connectivity index (χ1) is 13.3. The summed E-state index contributed by atoms with van der Waals surface area (Å²) in [5.41, 5.74) is 2.13. The highest BCUT2D eigenvalue weighted by Gasteiger charge is 2.33. The Bertz CT molecular complexity index is 984. The molecule has 2 amide bonds. The predicted molar refractivity (Wildman–Crippen MR) is 109 cm³/mol. The van der Waals surface area contributed by atoms with Crippen molar-refractivity contribution in [3.63, 3.8) is 0 Å². The number of benzene rings is 2. The van der Waals surface area contributed by atoms with Crippen LogP contribution in [0.4, 0.5) is 0 Å². The largest absolute Gasteiger partial charge is 0.497 e. The Morgan fingerprint density at radius 1 is 1.07 bits per heavy atom. The normalized spacial score (nSPS) is 16.0. The second-order valence-electron chi connectivity index (χ2n) is 7.19. The number of nitrogens with zero attached hydrogens (tertiary/aromatic N) is 2. The summed E-state index contributed by atoms with van der Waals surface area (Å²) < 4.78 is 21.8. The van der Waals surface area contributed by atoms with E-state index in [2.05, 4.69) is 4.36 Å². The number of methoxy groups -OCH3 is 1. The molecule has 0 bridgehead atoms. The molecular weight excluding hydrogens is 376 g/mol. The third-order valence-electron chi connectivity index (χ3n) is 4.70. The number of likely N-dealkylation sites (tertiary alicyclic amines) is 1. The topological polar surface area (TPSA) is 76.0 Å². The number of ether oxygens (including phenoxy) is 1. The van der Waals surface area contributed by atoms with Gasteiger partial charge in [-0.1, -0.05) is 17.7 Å². The van der Waals surface area contributed by atoms with Gasteiger partial charge in [0.15, 0.2) is 0 Å². The molecule has 1 heterocycles. The van der Waals surface area contributed by atoms with E-state index in [0.29, 0.717) is 35.7 Å². The average Bonchev–Trinajstić information content (AvgIpc) is 2.64. The van der Waals surface area contributed by atoms with Gasteiger partial charge >= 0.3 is 0 Å². The fourth-order valence-corrected chi connectivity index (χ4v) is 4.77. The molecule has 1 fully saturated rings. The molecule has 7 heteroatoms. The molecule has 1 aliphatic heterocycles. The fraction of sp³-hybridized carbons (Fsp3) is 0.333. The van der Waals surface area contributed by atoms with Crippen molar-refractivity contribution in [2.24, 2.45) is 10.3 Å². The summed E-state index contributed by atoms with van der Waals surface area (Å²) in [6.45, 7) is 3.04. The third-order valence-corrected chi connectivity index (χ3v) is 6.34. The van der Waals surface area contributed by atoms with Crippen LogP contribution in [0.2, 0.25) is 0 Å². The van der Waals surface area contributed by atoms with E-state index in [0.717, 1.165) is 5.56 Å². The summed E-state index contributed by atoms with van der Waals surface area (Å²) in [4.78, 5) is 26.4. The number of hydrogen-bond acceptors (Lipinski definition) is 4. The Kier molecular flexibility index (Phi) is 5.84. The highest BCUT2D eigenvalue weighted by Crippen LogP contribution is 2.21. The summed E-state index contributed by atoms with van der Waals surface area (Å²) in [6, 6.07) is 14.0. The Balaban J connectivity index is 1.58. The van der Waals surface area contributed by atoms with Gasteiger partial charge in [0, 0.05) is 42.1 Å². The first kappa shape index (κ1) is 20.1. The summed E-state index contributed by atoms with van der Waals surface area (Å²) in [7, 11) is -1.12. The number of hydrogen-bond donors (Lipinski definition) is 0. The van der Waals surface area contributed by atoms with Crippen LogP contribution in [0.1, 0.15) is 26.3 Å². The molecule has 2 aromatic rings. The van der Waals surface area contributed by atoms with Crippen molar-refractivity contribution in [3.05, 3.63) is 65.2 Å². The molecule has 0 aromatic heterocycles. The van der Waals surface area contributed by atoms with Gasteiger partial charge in [-0.3, -0.25) is 9.59 Å². The molecule has 0 radical (unpaired) electrons. The Morgan fingerprint density at radius 3 is 2.21 bits per heavy atom. The Morgan fingerprint density at radius 2 is 1.64 bits per heavy atom. The molecule has 1 unspecified atom stereocenters. The van der Waals surface area contributed by atoms with Gasteiger partial charge in [0.2, 0.25) is 0 Å². The first-order valence-corrected chi connectivity index (χ1v) is 11.1. The maximum atomic E-state index is 12.8. The smallest absolute Gasteiger partial charge is 0.285 e. The molecule has 3 rings (SSSR count). The number of carbonyl (C=O) groups excluding carboxylic acids is 2. The molecule has 0 spiro atoms. The number of amides is 2. The minimum Gasteiger partial charge on any atom is -0.497 e. The molecular formula is C21H24N2O4S. The molecule has 148 valence electrons. The fourth-order valence-electron chi connectivity index (χ4n) is 3.16. The molecule has 1 atom stereocenters. The number of aryl methyl sites for hydroxylation is 1. The van der Waals surface area contributed by atoms with Crippen LogP contribution >= 0.6 is 0 Å². The van der Waals surface area contributed by atoms with Crippen LogP contribution in [-0.2, 0) is 9.73 Å². The summed E-state index contributed by atoms with van der Waals surface area (Å²) in [6.07, 6.45) is 1.50. The lowest BCUT2D eigenvalue weighted by Crippen LogP contribution is -2.52. The number of carbonyl (C=O) groups is 2. The maximum absolute atomic E-state index is 12.8. The Labute approximate surface area is 165 Å². The zero-order valence-electron chi connectivity index (χ0n) is 16.3. The summed E-state index contributed by atoms with van der Waals surface area (Å²) in [5.74, 6) is 0.500. The lowest BCUT2D eigenvalue weighted by molar-refractivity contribution is 0.0535. The second kappa shape index (κ2) is 8.14. The first-order valence-electron chi connectivity index (χ1n) is 9.01. The molecule has 2 aromatic carbocycles. The van der Waals surface area contributed by atoms with E-state index in [-0.39, 0.29) is 11.8 Å². The van der Waals surface area contributed by atoms with Crippen molar-refractivity contribution >= 4 is 21.5 Å². The molecule has 6 nitrogen and oxygen atoms in total. The lowest BCUT2D eigenvalue weighted by atomic mass is 10.0. The number of rotatable bonds is 5. The van der Waals surface area contributed by atoms with Gasteiger partial charge < -0.3 is 9.64 Å². The van der Waals surface area contributed by atoms with Gasteiger partial charge in [0.1, 0.15) is 5.75 Å². The summed E-state index contributed by atoms with van der Waals surface area (Å²) in [5, 5.41) is 0. The minimum absolute atomic E-state index is 0.0231. The van der Waals surface area contributed by atoms with Crippen LogP contribution in [0.3, 0.4) is 0 Å². The van der Waals surface area contributed by atoms with E-state index in [1.807, 2.05) is 31.2 Å². The quantitative estimate of drug-likeness (QED) is 0.773. The minimum atomic E-state index is -2.67. The van der Waals surface area contributed by atoms with Gasteiger partial charge in [0.25, 0.3) is 11.8 Å². The van der Waals surface area contributed by atoms with Crippen molar-refractivity contribution in [1.29, 1.82) is 0 Å². The maximum Gasteiger partial charge on any atom is 0.285 e. The van der Waals surface area contributed by atoms with Gasteiger partial charge in [-0.25, -0.2) is 4.21 Å². The SMILES string of the molecule is COc1ccc(C(=O)N=S(C)(=O)CC2CN(C(=O)c3ccc(C)cc3)C2)cc1. The molecule has 28 heavy (non-hydrogen) atoms. The van der Waals surface area contributed by atoms with Crippen LogP contribution < -0.4 is 4.74 Å². The zero-order valence-corrected chi connectivity index (χ0v) is 17.1. The zero-order chi connectivity index (χ0) is 20.3. The van der Waals surface area contributed by atoms with E-state index in [1.165, 1.54) is 6.26 Å². The highest BCUT2D eigenvalue weighted by molar-refractivity contribution is 7.93. The Hall–Kier alpha value is -2.67. The monoisotopic (exact) mass is 400 g/mol. The van der Waals surface area contributed by atoms with E-state index in [1.54, 1.807) is 36.3 Å². The molecule has 0 saturated carbocycles. The summed E-state index contributed by atoms with van der Waals surface area (Å²) >= 11 is 0. The van der Waals surface area contributed by atoms with E-state index < -0.39 is 15.6 Å². The van der Waals surface area contributed by atoms with Crippen LogP contribution in [-0.4, -0.2) is 53.1 Å². The highest BCUT2D eigenvalue weighted by atomic mass is 32.2. The standard InChI is InChI=1S/C21H24N2O4S/c1-15-4-6-18(7-5-15)21(25)23-12-16(13-23)14-28(3,26)22-20(24)17-8-10-19(27-2)11-9-17/h4-11,16H,12-14H2,1-3H3. The molecule has 1 aliphatic rings. The van der Waals surface area contributed by atoms with Gasteiger partial charge in [-0.05, 0) is 43.3 Å². The second-order valence-corrected chi connectivity index (χ2v) is 9.63. The van der Waals surface area contributed by atoms with Crippen LogP contribution in [0.5, 0.6) is 5.75 Å². The third kappa shape index (κ3) is 4.78. The van der Waals surface area contributed by atoms with Gasteiger partial charge in [0.05, 0.1) is 16.8 Å². The van der Waals surface area contributed by atoms with Crippen molar-refractivity contribution in [2.45, 2.75) is 6.92 Å². The molecule has 0 N–H and O–H groups in total. The van der Waals surface area contributed by atoms with Gasteiger partial charge in [-0.2, -0.15) is 4.36 Å². The van der Waals surface area contributed by atoms with Crippen LogP contribution in [0.25, 0.3) is 0 Å². The van der Waals surface area contributed by atoms with E-state index in [9.17, 15) is 13.8 Å². The lowest BCUT2D eigenvalue weighted by Gasteiger charge is -2.39. The van der Waals surface area contributed by atoms with Crippen molar-refractivity contribution in [2.75, 3.05) is 32.2 Å². The molecule has 0 aliphatic carbocycles. The van der Waals surface area contributed by atoms with Crippen LogP contribution in [0.15, 0.2) is 52.9 Å². The van der Waals surface area contributed by atoms with E-state index >= 15 is 0 Å². The average molecular weight is 401 g/mol. The van der Waals surface area contributed by atoms with Crippen LogP contribution in [0, 0.1) is 12.8 Å². The van der Waals surface area contributed by atoms with Crippen molar-refractivity contribution < 1.29 is 18.5 Å². The van der Waals surface area contributed by atoms with E-state index in [4.69, 9.17) is 4.74 Å². The van der Waals surface area contributed by atoms with Crippen molar-refractivity contribution in [3.8, 4) is 5.75 Å².